The summed E-state index contributed by atoms with van der Waals surface area (Å²) in [6.45, 7) is 0.501. The molecule has 3 rings (SSSR count). The molecule has 0 saturated heterocycles. The van der Waals surface area contributed by atoms with Crippen LogP contribution in [0.4, 0.5) is 18.9 Å². The van der Waals surface area contributed by atoms with Gasteiger partial charge in [0.2, 0.25) is 0 Å². The van der Waals surface area contributed by atoms with Gasteiger partial charge in [0.25, 0.3) is 11.5 Å². The number of hydrogen-bond acceptors (Lipinski definition) is 6. The summed E-state index contributed by atoms with van der Waals surface area (Å²) in [5.74, 6) is -3.06. The number of nitrogens with zero attached hydrogens (tertiary/aromatic N) is 1. The van der Waals surface area contributed by atoms with E-state index in [1.807, 2.05) is 0 Å². The molecule has 2 heterocycles. The van der Waals surface area contributed by atoms with Crippen molar-refractivity contribution in [2.75, 3.05) is 11.9 Å². The number of carboxylic acid groups (broad SMARTS) is 1. The maximum Gasteiger partial charge on any atom is 0.490 e. The normalized spacial score (nSPS) is 10.9. The van der Waals surface area contributed by atoms with Gasteiger partial charge in [-0.15, -0.1) is 11.3 Å². The number of benzene rings is 1. The number of fused-ring (bicyclic) bond motifs is 1. The summed E-state index contributed by atoms with van der Waals surface area (Å²) in [6, 6.07) is 6.96. The van der Waals surface area contributed by atoms with Gasteiger partial charge < -0.3 is 21.1 Å². The van der Waals surface area contributed by atoms with Crippen LogP contribution in [0.3, 0.4) is 0 Å². The fourth-order valence-corrected chi connectivity index (χ4v) is 2.96. The molecule has 0 aliphatic rings. The Labute approximate surface area is 165 Å². The molecule has 0 fully saturated rings. The number of hydrogen-bond donors (Lipinski definition) is 4. The molecule has 1 amide bonds. The number of anilines is 1. The Morgan fingerprint density at radius 3 is 2.55 bits per heavy atom. The number of aromatic nitrogens is 2. The number of amides is 1. The minimum atomic E-state index is -5.08. The summed E-state index contributed by atoms with van der Waals surface area (Å²) in [7, 11) is 0. The van der Waals surface area contributed by atoms with Crippen molar-refractivity contribution in [3.8, 4) is 0 Å². The van der Waals surface area contributed by atoms with Crippen molar-refractivity contribution in [2.45, 2.75) is 12.6 Å². The van der Waals surface area contributed by atoms with E-state index in [-0.39, 0.29) is 11.5 Å². The fraction of sp³-hybridized carbons (Fsp3) is 0.176. The summed E-state index contributed by atoms with van der Waals surface area (Å²) in [5, 5.41) is 13.7. The van der Waals surface area contributed by atoms with Crippen LogP contribution in [0.1, 0.15) is 15.5 Å². The lowest BCUT2D eigenvalue weighted by molar-refractivity contribution is -0.192. The molecule has 12 heteroatoms. The third-order valence-electron chi connectivity index (χ3n) is 3.45. The molecular formula is C17H15F3N4O4S. The van der Waals surface area contributed by atoms with Crippen LogP contribution in [0, 0.1) is 0 Å². The van der Waals surface area contributed by atoms with Crippen molar-refractivity contribution >= 4 is 39.7 Å². The summed E-state index contributed by atoms with van der Waals surface area (Å²) >= 11 is 1.41. The first-order valence-corrected chi connectivity index (χ1v) is 8.87. The van der Waals surface area contributed by atoms with Gasteiger partial charge in [-0.05, 0) is 24.7 Å². The summed E-state index contributed by atoms with van der Waals surface area (Å²) in [6.07, 6.45) is -2.87. The Morgan fingerprint density at radius 2 is 1.93 bits per heavy atom. The highest BCUT2D eigenvalue weighted by atomic mass is 32.1. The lowest BCUT2D eigenvalue weighted by atomic mass is 10.1. The van der Waals surface area contributed by atoms with Gasteiger partial charge in [0.15, 0.2) is 0 Å². The van der Waals surface area contributed by atoms with Crippen LogP contribution < -0.4 is 16.6 Å². The number of rotatable bonds is 4. The van der Waals surface area contributed by atoms with E-state index in [0.29, 0.717) is 35.1 Å². The molecule has 0 saturated carbocycles. The van der Waals surface area contributed by atoms with Gasteiger partial charge in [-0.25, -0.2) is 9.78 Å². The van der Waals surface area contributed by atoms with E-state index in [4.69, 9.17) is 15.6 Å². The number of H-pyrrole nitrogens is 1. The molecule has 0 aliphatic carbocycles. The molecule has 0 spiro atoms. The third kappa shape index (κ3) is 5.86. The monoisotopic (exact) mass is 428 g/mol. The molecule has 0 radical (unpaired) electrons. The first kappa shape index (κ1) is 22.0. The molecule has 0 bridgehead atoms. The molecule has 3 aromatic rings. The quantitative estimate of drug-likeness (QED) is 0.503. The van der Waals surface area contributed by atoms with Crippen molar-refractivity contribution < 1.29 is 27.9 Å². The third-order valence-corrected chi connectivity index (χ3v) is 4.36. The van der Waals surface area contributed by atoms with E-state index < -0.39 is 12.1 Å². The van der Waals surface area contributed by atoms with Crippen LogP contribution in [0.5, 0.6) is 0 Å². The zero-order chi connectivity index (χ0) is 21.6. The molecule has 2 aromatic heterocycles. The van der Waals surface area contributed by atoms with Crippen LogP contribution in [0.15, 0.2) is 40.6 Å². The number of halogens is 3. The fourth-order valence-electron chi connectivity index (χ4n) is 2.17. The Bertz CT molecular complexity index is 1080. The maximum absolute atomic E-state index is 12.3. The van der Waals surface area contributed by atoms with E-state index in [1.54, 1.807) is 35.8 Å². The Balaban J connectivity index is 0.000000370. The Hall–Kier alpha value is -3.25. The van der Waals surface area contributed by atoms with E-state index in [9.17, 15) is 22.8 Å². The van der Waals surface area contributed by atoms with Gasteiger partial charge in [-0.3, -0.25) is 9.59 Å². The average molecular weight is 428 g/mol. The Kier molecular flexibility index (Phi) is 7.07. The van der Waals surface area contributed by atoms with E-state index in [0.717, 1.165) is 5.01 Å². The Morgan fingerprint density at radius 1 is 1.24 bits per heavy atom. The second-order valence-electron chi connectivity index (χ2n) is 5.50. The number of aliphatic carboxylic acids is 1. The summed E-state index contributed by atoms with van der Waals surface area (Å²) < 4.78 is 31.7. The zero-order valence-corrected chi connectivity index (χ0v) is 15.4. The van der Waals surface area contributed by atoms with Crippen molar-refractivity contribution in [3.05, 3.63) is 56.9 Å². The smallest absolute Gasteiger partial charge is 0.475 e. The van der Waals surface area contributed by atoms with Crippen LogP contribution >= 0.6 is 11.3 Å². The van der Waals surface area contributed by atoms with Gasteiger partial charge in [0, 0.05) is 34.5 Å². The molecule has 8 nitrogen and oxygen atoms in total. The standard InChI is InChI=1S/C15H14N4O2S.C2HF3O2/c16-6-4-13-18-12(8-22-13)15(21)19-11-3-1-2-10-9(11)5-7-17-14(10)20;3-2(4,5)1(6)7/h1-3,5,7-8H,4,6,16H2,(H,17,20)(H,19,21);(H,6,7). The van der Waals surface area contributed by atoms with E-state index in [1.165, 1.54) is 11.3 Å². The van der Waals surface area contributed by atoms with Gasteiger partial charge in [0.1, 0.15) is 5.69 Å². The number of carboxylic acids is 1. The lowest BCUT2D eigenvalue weighted by Crippen LogP contribution is -2.21. The molecule has 154 valence electrons. The van der Waals surface area contributed by atoms with Crippen LogP contribution in [-0.4, -0.2) is 39.7 Å². The van der Waals surface area contributed by atoms with Crippen LogP contribution in [0.25, 0.3) is 10.8 Å². The molecule has 0 unspecified atom stereocenters. The lowest BCUT2D eigenvalue weighted by Gasteiger charge is -2.06. The van der Waals surface area contributed by atoms with Crippen LogP contribution in [-0.2, 0) is 11.2 Å². The number of thiazole rings is 1. The first-order chi connectivity index (χ1) is 13.6. The molecule has 5 N–H and O–H groups in total. The highest BCUT2D eigenvalue weighted by Crippen LogP contribution is 2.21. The minimum absolute atomic E-state index is 0.188. The van der Waals surface area contributed by atoms with Crippen molar-refractivity contribution in [2.24, 2.45) is 5.73 Å². The van der Waals surface area contributed by atoms with E-state index >= 15 is 0 Å². The van der Waals surface area contributed by atoms with Crippen molar-refractivity contribution in [1.29, 1.82) is 0 Å². The first-order valence-electron chi connectivity index (χ1n) is 8.00. The second kappa shape index (κ2) is 9.30. The maximum atomic E-state index is 12.3. The molecule has 0 aliphatic heterocycles. The van der Waals surface area contributed by atoms with E-state index in [2.05, 4.69) is 15.3 Å². The molecule has 29 heavy (non-hydrogen) atoms. The average Bonchev–Trinajstić information content (AvgIpc) is 3.11. The van der Waals surface area contributed by atoms with Gasteiger partial charge in [-0.2, -0.15) is 13.2 Å². The largest absolute Gasteiger partial charge is 0.490 e. The summed E-state index contributed by atoms with van der Waals surface area (Å²) in [4.78, 5) is 39.8. The number of pyridine rings is 1. The number of carbonyl (C=O) groups excluding carboxylic acids is 1. The highest BCUT2D eigenvalue weighted by molar-refractivity contribution is 7.09. The minimum Gasteiger partial charge on any atom is -0.475 e. The predicted molar refractivity (Wildman–Crippen MR) is 101 cm³/mol. The zero-order valence-electron chi connectivity index (χ0n) is 14.6. The molecule has 1 aromatic carbocycles. The van der Waals surface area contributed by atoms with Gasteiger partial charge in [-0.1, -0.05) is 6.07 Å². The van der Waals surface area contributed by atoms with Crippen molar-refractivity contribution in [1.82, 2.24) is 9.97 Å². The highest BCUT2D eigenvalue weighted by Gasteiger charge is 2.38. The number of nitrogens with one attached hydrogen (secondary N) is 2. The molecule has 0 atom stereocenters. The second-order valence-corrected chi connectivity index (χ2v) is 6.44. The number of aromatic amines is 1. The number of nitrogens with two attached hydrogens (primary N) is 1. The van der Waals surface area contributed by atoms with Crippen LogP contribution in [0.2, 0.25) is 0 Å². The predicted octanol–water partition coefficient (Wildman–Crippen LogP) is 2.37. The molecular weight excluding hydrogens is 413 g/mol. The number of carbonyl (C=O) groups is 2. The van der Waals surface area contributed by atoms with Gasteiger partial charge >= 0.3 is 12.1 Å². The number of alkyl halides is 3. The summed E-state index contributed by atoms with van der Waals surface area (Å²) in [5.41, 5.74) is 6.23. The SMILES string of the molecule is NCCc1nc(C(=O)Nc2cccc3c(=O)[nH]ccc23)cs1.O=C(O)C(F)(F)F. The van der Waals surface area contributed by atoms with Crippen molar-refractivity contribution in [3.63, 3.8) is 0 Å². The topological polar surface area (TPSA) is 138 Å². The van der Waals surface area contributed by atoms with Gasteiger partial charge in [0.05, 0.1) is 5.01 Å².